The molecule has 6 nitrogen and oxygen atoms in total. The van der Waals surface area contributed by atoms with E-state index in [1.807, 2.05) is 23.4 Å². The molecule has 1 aliphatic heterocycles. The average molecular weight is 346 g/mol. The zero-order valence-corrected chi connectivity index (χ0v) is 14.8. The summed E-state index contributed by atoms with van der Waals surface area (Å²) >= 11 is 0. The van der Waals surface area contributed by atoms with Gasteiger partial charge in [-0.2, -0.15) is 5.10 Å². The van der Waals surface area contributed by atoms with Crippen LogP contribution in [-0.2, 0) is 10.8 Å². The summed E-state index contributed by atoms with van der Waals surface area (Å²) in [6.45, 7) is 5.24. The fraction of sp³-hybridized carbons (Fsp3) is 0.471. The molecule has 1 saturated heterocycles. The Morgan fingerprint density at radius 1 is 1.29 bits per heavy atom. The van der Waals surface area contributed by atoms with Crippen molar-refractivity contribution in [1.29, 1.82) is 0 Å². The molecular weight excluding hydrogens is 324 g/mol. The third-order valence-electron chi connectivity index (χ3n) is 4.26. The minimum Gasteiger partial charge on any atom is -0.337 e. The van der Waals surface area contributed by atoms with Crippen molar-refractivity contribution in [2.75, 3.05) is 13.1 Å². The second-order valence-corrected chi connectivity index (χ2v) is 8.30. The van der Waals surface area contributed by atoms with Gasteiger partial charge >= 0.3 is 0 Å². The summed E-state index contributed by atoms with van der Waals surface area (Å²) in [7, 11) is -1.03. The molecule has 24 heavy (non-hydrogen) atoms. The number of hydrogen-bond acceptors (Lipinski definition) is 4. The highest BCUT2D eigenvalue weighted by atomic mass is 32.2. The van der Waals surface area contributed by atoms with Crippen LogP contribution < -0.4 is 0 Å². The molecular formula is C17H22N4O2S. The SMILES string of the molecule is CC(C)[S@@](=O)c1ccc(C(=O)N2CCC[C@@H](n3cncn3)C2)cc1. The normalized spacial score (nSPS) is 19.5. The van der Waals surface area contributed by atoms with Crippen LogP contribution in [0, 0.1) is 0 Å². The van der Waals surface area contributed by atoms with Crippen molar-refractivity contribution in [3.05, 3.63) is 42.5 Å². The molecule has 1 aromatic carbocycles. The maximum atomic E-state index is 12.7. The number of carbonyl (C=O) groups is 1. The summed E-state index contributed by atoms with van der Waals surface area (Å²) < 4.78 is 13.9. The summed E-state index contributed by atoms with van der Waals surface area (Å²) in [4.78, 5) is 19.3. The Morgan fingerprint density at radius 2 is 2.04 bits per heavy atom. The summed E-state index contributed by atoms with van der Waals surface area (Å²) in [5, 5.41) is 4.25. The fourth-order valence-electron chi connectivity index (χ4n) is 2.95. The van der Waals surface area contributed by atoms with Gasteiger partial charge in [-0.3, -0.25) is 9.00 Å². The Kier molecular flexibility index (Phi) is 5.08. The molecule has 0 unspecified atom stereocenters. The lowest BCUT2D eigenvalue weighted by Crippen LogP contribution is -2.40. The zero-order valence-electron chi connectivity index (χ0n) is 14.0. The molecule has 1 aromatic heterocycles. The lowest BCUT2D eigenvalue weighted by atomic mass is 10.0. The topological polar surface area (TPSA) is 68.1 Å². The molecule has 7 heteroatoms. The van der Waals surface area contributed by atoms with Crippen LogP contribution in [0.1, 0.15) is 43.1 Å². The number of benzene rings is 1. The van der Waals surface area contributed by atoms with Gasteiger partial charge in [-0.1, -0.05) is 13.8 Å². The van der Waals surface area contributed by atoms with E-state index in [2.05, 4.69) is 10.1 Å². The zero-order chi connectivity index (χ0) is 17.1. The highest BCUT2D eigenvalue weighted by Crippen LogP contribution is 2.22. The van der Waals surface area contributed by atoms with Crippen LogP contribution in [0.3, 0.4) is 0 Å². The molecule has 1 amide bonds. The molecule has 2 atom stereocenters. The van der Waals surface area contributed by atoms with Crippen molar-refractivity contribution in [1.82, 2.24) is 19.7 Å². The number of nitrogens with zero attached hydrogens (tertiary/aromatic N) is 4. The standard InChI is InChI=1S/C17H22N4O2S/c1-13(2)24(23)16-7-5-14(6-8-16)17(22)20-9-3-4-15(10-20)21-12-18-11-19-21/h5-8,11-13,15H,3-4,9-10H2,1-2H3/t15-,24-/m1/s1. The molecule has 1 aliphatic rings. The van der Waals surface area contributed by atoms with Crippen molar-refractivity contribution in [2.45, 2.75) is 42.9 Å². The number of carbonyl (C=O) groups excluding carboxylic acids is 1. The highest BCUT2D eigenvalue weighted by Gasteiger charge is 2.26. The van der Waals surface area contributed by atoms with Gasteiger partial charge in [0.25, 0.3) is 5.91 Å². The van der Waals surface area contributed by atoms with Gasteiger partial charge in [0.05, 0.1) is 16.8 Å². The number of likely N-dealkylation sites (tertiary alicyclic amines) is 1. The van der Waals surface area contributed by atoms with Crippen molar-refractivity contribution >= 4 is 16.7 Å². The van der Waals surface area contributed by atoms with Gasteiger partial charge in [-0.05, 0) is 37.1 Å². The van der Waals surface area contributed by atoms with Gasteiger partial charge in [0, 0.05) is 28.8 Å². The number of amides is 1. The van der Waals surface area contributed by atoms with Crippen LogP contribution in [0.15, 0.2) is 41.8 Å². The number of hydrogen-bond donors (Lipinski definition) is 0. The maximum absolute atomic E-state index is 12.7. The van der Waals surface area contributed by atoms with Gasteiger partial charge < -0.3 is 4.90 Å². The first-order valence-electron chi connectivity index (χ1n) is 8.20. The number of aromatic nitrogens is 3. The largest absolute Gasteiger partial charge is 0.337 e. The van der Waals surface area contributed by atoms with E-state index in [9.17, 15) is 9.00 Å². The third kappa shape index (κ3) is 3.56. The first kappa shape index (κ1) is 16.8. The van der Waals surface area contributed by atoms with E-state index in [0.29, 0.717) is 12.1 Å². The van der Waals surface area contributed by atoms with E-state index in [1.165, 1.54) is 6.33 Å². The van der Waals surface area contributed by atoms with Crippen LogP contribution in [-0.4, -0.2) is 48.1 Å². The molecule has 0 saturated carbocycles. The smallest absolute Gasteiger partial charge is 0.253 e. The van der Waals surface area contributed by atoms with Crippen molar-refractivity contribution in [3.63, 3.8) is 0 Å². The Labute approximate surface area is 144 Å². The van der Waals surface area contributed by atoms with E-state index in [0.717, 1.165) is 24.3 Å². The molecule has 1 fully saturated rings. The molecule has 0 radical (unpaired) electrons. The molecule has 0 spiro atoms. The van der Waals surface area contributed by atoms with E-state index in [1.54, 1.807) is 30.6 Å². The summed E-state index contributed by atoms with van der Waals surface area (Å²) in [5.41, 5.74) is 0.638. The van der Waals surface area contributed by atoms with Gasteiger partial charge in [0.2, 0.25) is 0 Å². The van der Waals surface area contributed by atoms with E-state index < -0.39 is 10.8 Å². The second kappa shape index (κ2) is 7.25. The summed E-state index contributed by atoms with van der Waals surface area (Å²) in [5.74, 6) is 0.0155. The Bertz CT molecular complexity index is 713. The fourth-order valence-corrected chi connectivity index (χ4v) is 3.90. The maximum Gasteiger partial charge on any atom is 0.253 e. The minimum absolute atomic E-state index is 0.0155. The highest BCUT2D eigenvalue weighted by molar-refractivity contribution is 7.85. The predicted molar refractivity (Wildman–Crippen MR) is 92.2 cm³/mol. The Balaban J connectivity index is 1.70. The Morgan fingerprint density at radius 3 is 2.67 bits per heavy atom. The van der Waals surface area contributed by atoms with Crippen LogP contribution in [0.2, 0.25) is 0 Å². The van der Waals surface area contributed by atoms with Crippen LogP contribution in [0.4, 0.5) is 0 Å². The minimum atomic E-state index is -1.03. The first-order valence-corrected chi connectivity index (χ1v) is 9.41. The average Bonchev–Trinajstić information content (AvgIpc) is 3.15. The van der Waals surface area contributed by atoms with E-state index in [4.69, 9.17) is 0 Å². The van der Waals surface area contributed by atoms with E-state index >= 15 is 0 Å². The van der Waals surface area contributed by atoms with Gasteiger partial charge in [-0.25, -0.2) is 9.67 Å². The molecule has 3 rings (SSSR count). The number of piperidine rings is 1. The van der Waals surface area contributed by atoms with Crippen molar-refractivity contribution < 1.29 is 9.00 Å². The molecule has 0 N–H and O–H groups in total. The molecule has 2 heterocycles. The van der Waals surface area contributed by atoms with Gasteiger partial charge in [0.15, 0.2) is 0 Å². The lowest BCUT2D eigenvalue weighted by Gasteiger charge is -2.32. The monoisotopic (exact) mass is 346 g/mol. The molecule has 0 aliphatic carbocycles. The van der Waals surface area contributed by atoms with Crippen LogP contribution in [0.25, 0.3) is 0 Å². The molecule has 0 bridgehead atoms. The third-order valence-corrected chi connectivity index (χ3v) is 5.85. The van der Waals surface area contributed by atoms with Crippen molar-refractivity contribution in [3.8, 4) is 0 Å². The lowest BCUT2D eigenvalue weighted by molar-refractivity contribution is 0.0672. The summed E-state index contributed by atoms with van der Waals surface area (Å²) in [6, 6.07) is 7.32. The summed E-state index contributed by atoms with van der Waals surface area (Å²) in [6.07, 6.45) is 5.17. The molecule has 2 aromatic rings. The van der Waals surface area contributed by atoms with Gasteiger partial charge in [0.1, 0.15) is 12.7 Å². The van der Waals surface area contributed by atoms with E-state index in [-0.39, 0.29) is 17.2 Å². The van der Waals surface area contributed by atoms with Crippen LogP contribution >= 0.6 is 0 Å². The quantitative estimate of drug-likeness (QED) is 0.852. The number of rotatable bonds is 4. The first-order chi connectivity index (χ1) is 11.6. The van der Waals surface area contributed by atoms with Crippen LogP contribution in [0.5, 0.6) is 0 Å². The Hall–Kier alpha value is -2.02. The predicted octanol–water partition coefficient (Wildman–Crippen LogP) is 2.27. The molecule has 128 valence electrons. The van der Waals surface area contributed by atoms with Gasteiger partial charge in [-0.15, -0.1) is 0 Å². The van der Waals surface area contributed by atoms with Crippen molar-refractivity contribution in [2.24, 2.45) is 0 Å². The second-order valence-electron chi connectivity index (χ2n) is 6.29.